The number of benzene rings is 1. The summed E-state index contributed by atoms with van der Waals surface area (Å²) in [6, 6.07) is 6.44. The number of hydrogen-bond donors (Lipinski definition) is 1. The number of aromatic nitrogens is 3. The zero-order chi connectivity index (χ0) is 20.9. The van der Waals surface area contributed by atoms with Gasteiger partial charge in [-0.15, -0.1) is 5.10 Å². The Morgan fingerprint density at radius 1 is 1.17 bits per heavy atom. The molecule has 2 aromatic rings. The number of likely N-dealkylation sites (tertiary alicyclic amines) is 1. The fourth-order valence-corrected chi connectivity index (χ4v) is 4.50. The van der Waals surface area contributed by atoms with Crippen molar-refractivity contribution < 1.29 is 14.3 Å². The first kappa shape index (κ1) is 20.7. The summed E-state index contributed by atoms with van der Waals surface area (Å²) in [5.74, 6) is 1.52. The van der Waals surface area contributed by atoms with Gasteiger partial charge in [0.1, 0.15) is 11.5 Å². The molecule has 2 heterocycles. The van der Waals surface area contributed by atoms with Crippen LogP contribution in [0.1, 0.15) is 60.6 Å². The molecule has 30 heavy (non-hydrogen) atoms. The molecule has 2 fully saturated rings. The number of amides is 1. The van der Waals surface area contributed by atoms with E-state index >= 15 is 0 Å². The van der Waals surface area contributed by atoms with Crippen LogP contribution in [-0.4, -0.2) is 59.2 Å². The molecule has 0 spiro atoms. The molecule has 2 aliphatic rings. The highest BCUT2D eigenvalue weighted by Crippen LogP contribution is 2.28. The second-order valence-corrected chi connectivity index (χ2v) is 8.25. The van der Waals surface area contributed by atoms with Crippen molar-refractivity contribution in [1.82, 2.24) is 25.2 Å². The van der Waals surface area contributed by atoms with E-state index in [4.69, 9.17) is 9.47 Å². The summed E-state index contributed by atoms with van der Waals surface area (Å²) < 4.78 is 12.7. The Labute approximate surface area is 177 Å². The average Bonchev–Trinajstić information content (AvgIpc) is 3.46. The normalized spacial score (nSPS) is 20.3. The summed E-state index contributed by atoms with van der Waals surface area (Å²) >= 11 is 0. The Morgan fingerprint density at radius 2 is 2.00 bits per heavy atom. The molecular weight excluding hydrogens is 382 g/mol. The number of carbonyl (C=O) groups is 1. The minimum Gasteiger partial charge on any atom is -0.497 e. The van der Waals surface area contributed by atoms with E-state index in [9.17, 15) is 4.79 Å². The third-order valence-corrected chi connectivity index (χ3v) is 6.18. The van der Waals surface area contributed by atoms with Gasteiger partial charge in [-0.3, -0.25) is 9.69 Å². The van der Waals surface area contributed by atoms with E-state index in [-0.39, 0.29) is 18.0 Å². The Morgan fingerprint density at radius 3 is 2.77 bits per heavy atom. The summed E-state index contributed by atoms with van der Waals surface area (Å²) in [5, 5.41) is 11.5. The number of ether oxygens (including phenoxy) is 2. The van der Waals surface area contributed by atoms with Gasteiger partial charge in [-0.1, -0.05) is 24.1 Å². The van der Waals surface area contributed by atoms with Crippen molar-refractivity contribution in [2.45, 2.75) is 57.2 Å². The Hall–Kier alpha value is -2.61. The van der Waals surface area contributed by atoms with Crippen LogP contribution in [0.4, 0.5) is 0 Å². The maximum Gasteiger partial charge on any atom is 0.273 e. The van der Waals surface area contributed by atoms with Crippen LogP contribution in [-0.2, 0) is 6.54 Å². The predicted octanol–water partition coefficient (Wildman–Crippen LogP) is 2.80. The topological polar surface area (TPSA) is 81.5 Å². The van der Waals surface area contributed by atoms with Gasteiger partial charge in [0.25, 0.3) is 5.91 Å². The van der Waals surface area contributed by atoms with Crippen molar-refractivity contribution in [2.75, 3.05) is 27.3 Å². The summed E-state index contributed by atoms with van der Waals surface area (Å²) in [4.78, 5) is 14.9. The van der Waals surface area contributed by atoms with Crippen LogP contribution in [0.25, 0.3) is 0 Å². The van der Waals surface area contributed by atoms with Crippen LogP contribution in [0.15, 0.2) is 24.4 Å². The summed E-state index contributed by atoms with van der Waals surface area (Å²) in [7, 11) is 3.34. The molecule has 1 aliphatic carbocycles. The summed E-state index contributed by atoms with van der Waals surface area (Å²) in [5.41, 5.74) is 1.55. The second kappa shape index (κ2) is 9.47. The monoisotopic (exact) mass is 413 g/mol. The zero-order valence-electron chi connectivity index (χ0n) is 17.8. The first-order valence-electron chi connectivity index (χ1n) is 10.8. The summed E-state index contributed by atoms with van der Waals surface area (Å²) in [6.07, 6.45) is 8.41. The number of nitrogens with one attached hydrogen (secondary N) is 1. The number of methoxy groups -OCH3 is 2. The molecule has 1 aliphatic heterocycles. The van der Waals surface area contributed by atoms with Crippen molar-refractivity contribution >= 4 is 5.91 Å². The highest BCUT2D eigenvalue weighted by Gasteiger charge is 2.25. The average molecular weight is 414 g/mol. The Bertz CT molecular complexity index is 862. The van der Waals surface area contributed by atoms with Gasteiger partial charge >= 0.3 is 0 Å². The van der Waals surface area contributed by atoms with E-state index in [1.54, 1.807) is 20.4 Å². The maximum atomic E-state index is 12.5. The molecule has 1 saturated carbocycles. The molecule has 162 valence electrons. The lowest BCUT2D eigenvalue weighted by molar-refractivity contribution is 0.0932. The number of piperidine rings is 1. The van der Waals surface area contributed by atoms with Crippen molar-refractivity contribution in [2.24, 2.45) is 0 Å². The minimum absolute atomic E-state index is 0.108. The van der Waals surface area contributed by atoms with Crippen LogP contribution in [0.5, 0.6) is 11.5 Å². The molecule has 1 aromatic carbocycles. The highest BCUT2D eigenvalue weighted by atomic mass is 16.5. The molecule has 4 rings (SSSR count). The van der Waals surface area contributed by atoms with Gasteiger partial charge in [0.15, 0.2) is 5.69 Å². The van der Waals surface area contributed by atoms with Crippen LogP contribution in [0, 0.1) is 0 Å². The van der Waals surface area contributed by atoms with Gasteiger partial charge in [-0.2, -0.15) is 0 Å². The largest absolute Gasteiger partial charge is 0.497 e. The van der Waals surface area contributed by atoms with E-state index in [2.05, 4.69) is 26.6 Å². The SMILES string of the molecule is COc1ccc(CN2CCCC(n3cc(C(=O)NC4CCCC4)nn3)C2)c(OC)c1. The van der Waals surface area contributed by atoms with Crippen LogP contribution in [0.3, 0.4) is 0 Å². The molecule has 8 heteroatoms. The first-order valence-corrected chi connectivity index (χ1v) is 10.8. The van der Waals surface area contributed by atoms with E-state index in [1.165, 1.54) is 12.8 Å². The standard InChI is InChI=1S/C22H31N5O3/c1-29-19-10-9-16(21(12-19)30-2)13-26-11-5-8-18(14-26)27-15-20(24-25-27)22(28)23-17-6-3-4-7-17/h9-10,12,15,17-18H,3-8,11,13-14H2,1-2H3,(H,23,28). The molecule has 1 atom stereocenters. The minimum atomic E-state index is -0.108. The lowest BCUT2D eigenvalue weighted by atomic mass is 10.0. The quantitative estimate of drug-likeness (QED) is 0.752. The van der Waals surface area contributed by atoms with E-state index in [1.807, 2.05) is 16.8 Å². The van der Waals surface area contributed by atoms with Crippen molar-refractivity contribution in [1.29, 1.82) is 0 Å². The predicted molar refractivity (Wildman–Crippen MR) is 113 cm³/mol. The number of nitrogens with zero attached hydrogens (tertiary/aromatic N) is 4. The lowest BCUT2D eigenvalue weighted by Crippen LogP contribution is -2.36. The molecular formula is C22H31N5O3. The molecule has 1 saturated heterocycles. The van der Waals surface area contributed by atoms with Gasteiger partial charge in [0.05, 0.1) is 26.5 Å². The van der Waals surface area contributed by atoms with Crippen molar-refractivity contribution in [3.63, 3.8) is 0 Å². The van der Waals surface area contributed by atoms with Crippen molar-refractivity contribution in [3.05, 3.63) is 35.7 Å². The van der Waals surface area contributed by atoms with E-state index < -0.39 is 0 Å². The van der Waals surface area contributed by atoms with Gasteiger partial charge in [-0.05, 0) is 38.3 Å². The molecule has 0 bridgehead atoms. The molecule has 8 nitrogen and oxygen atoms in total. The fraction of sp³-hybridized carbons (Fsp3) is 0.591. The Kier molecular flexibility index (Phi) is 6.52. The van der Waals surface area contributed by atoms with Crippen LogP contribution in [0.2, 0.25) is 0 Å². The fourth-order valence-electron chi connectivity index (χ4n) is 4.50. The number of carbonyl (C=O) groups excluding carboxylic acids is 1. The van der Waals surface area contributed by atoms with Crippen LogP contribution >= 0.6 is 0 Å². The van der Waals surface area contributed by atoms with Gasteiger partial charge < -0.3 is 14.8 Å². The molecule has 1 N–H and O–H groups in total. The molecule has 1 aromatic heterocycles. The van der Waals surface area contributed by atoms with E-state index in [0.29, 0.717) is 5.69 Å². The molecule has 1 unspecified atom stereocenters. The second-order valence-electron chi connectivity index (χ2n) is 8.25. The molecule has 0 radical (unpaired) electrons. The van der Waals surface area contributed by atoms with E-state index in [0.717, 1.165) is 62.4 Å². The zero-order valence-corrected chi connectivity index (χ0v) is 17.8. The highest BCUT2D eigenvalue weighted by molar-refractivity contribution is 5.92. The maximum absolute atomic E-state index is 12.5. The lowest BCUT2D eigenvalue weighted by Gasteiger charge is -2.32. The smallest absolute Gasteiger partial charge is 0.273 e. The Balaban J connectivity index is 1.38. The number of hydrogen-bond acceptors (Lipinski definition) is 6. The number of rotatable bonds is 7. The van der Waals surface area contributed by atoms with Crippen LogP contribution < -0.4 is 14.8 Å². The van der Waals surface area contributed by atoms with Crippen molar-refractivity contribution in [3.8, 4) is 11.5 Å². The van der Waals surface area contributed by atoms with Gasteiger partial charge in [-0.25, -0.2) is 4.68 Å². The van der Waals surface area contributed by atoms with Gasteiger partial charge in [0.2, 0.25) is 0 Å². The molecule has 1 amide bonds. The first-order chi connectivity index (χ1) is 14.7. The third-order valence-electron chi connectivity index (χ3n) is 6.18. The summed E-state index contributed by atoms with van der Waals surface area (Å²) in [6.45, 7) is 2.69. The van der Waals surface area contributed by atoms with Gasteiger partial charge in [0, 0.05) is 30.8 Å². The third kappa shape index (κ3) is 4.75.